The van der Waals surface area contributed by atoms with E-state index < -0.39 is 0 Å². The van der Waals surface area contributed by atoms with E-state index in [1.165, 1.54) is 12.1 Å². The molecule has 0 saturated carbocycles. The van der Waals surface area contributed by atoms with Crippen molar-refractivity contribution in [1.29, 1.82) is 0 Å². The molecule has 4 aromatic rings. The molecule has 0 unspecified atom stereocenters. The van der Waals surface area contributed by atoms with Crippen LogP contribution in [0.5, 0.6) is 0 Å². The summed E-state index contributed by atoms with van der Waals surface area (Å²) in [6.07, 6.45) is 0. The number of nitrogen functional groups attached to an aromatic ring is 2. The van der Waals surface area contributed by atoms with E-state index in [1.54, 1.807) is 22.9 Å². The van der Waals surface area contributed by atoms with Gasteiger partial charge in [0.2, 0.25) is 0 Å². The standard InChI is InChI=1S/C18H15FN6/c19-13-7-3-1-5-11(13)10-25-14-8-4-2-6-12(14)17(24-25)18-22-15(20)9-16(21)23-18/h1-9H,10H2,(H4,20,21,22,23). The number of hydrogen-bond donors (Lipinski definition) is 2. The summed E-state index contributed by atoms with van der Waals surface area (Å²) in [5.74, 6) is 0.625. The van der Waals surface area contributed by atoms with Crippen molar-refractivity contribution >= 4 is 22.5 Å². The van der Waals surface area contributed by atoms with Crippen molar-refractivity contribution in [2.24, 2.45) is 0 Å². The zero-order chi connectivity index (χ0) is 17.4. The van der Waals surface area contributed by atoms with Gasteiger partial charge in [-0.25, -0.2) is 14.4 Å². The van der Waals surface area contributed by atoms with Gasteiger partial charge in [0.05, 0.1) is 12.1 Å². The van der Waals surface area contributed by atoms with E-state index in [9.17, 15) is 4.39 Å². The molecule has 2 aromatic heterocycles. The molecule has 124 valence electrons. The van der Waals surface area contributed by atoms with Crippen molar-refractivity contribution in [3.8, 4) is 11.5 Å². The van der Waals surface area contributed by atoms with Crippen LogP contribution in [-0.2, 0) is 6.54 Å². The Hall–Kier alpha value is -3.48. The summed E-state index contributed by atoms with van der Waals surface area (Å²) in [4.78, 5) is 8.46. The highest BCUT2D eigenvalue weighted by Crippen LogP contribution is 2.27. The zero-order valence-electron chi connectivity index (χ0n) is 13.2. The van der Waals surface area contributed by atoms with E-state index in [0.717, 1.165) is 10.9 Å². The molecule has 0 spiro atoms. The van der Waals surface area contributed by atoms with Crippen molar-refractivity contribution in [3.63, 3.8) is 0 Å². The van der Waals surface area contributed by atoms with E-state index in [1.807, 2.05) is 24.3 Å². The molecular formula is C18H15FN6. The van der Waals surface area contributed by atoms with Crippen LogP contribution in [0.15, 0.2) is 54.6 Å². The Labute approximate surface area is 142 Å². The molecule has 0 aliphatic rings. The van der Waals surface area contributed by atoms with Crippen molar-refractivity contribution in [2.45, 2.75) is 6.54 Å². The summed E-state index contributed by atoms with van der Waals surface area (Å²) < 4.78 is 15.7. The lowest BCUT2D eigenvalue weighted by Crippen LogP contribution is -2.04. The van der Waals surface area contributed by atoms with Crippen molar-refractivity contribution in [3.05, 3.63) is 66.0 Å². The molecule has 0 radical (unpaired) electrons. The van der Waals surface area contributed by atoms with Crippen LogP contribution in [0, 0.1) is 5.82 Å². The minimum Gasteiger partial charge on any atom is -0.384 e. The second kappa shape index (κ2) is 5.86. The van der Waals surface area contributed by atoms with Gasteiger partial charge < -0.3 is 11.5 Å². The second-order valence-electron chi connectivity index (χ2n) is 5.66. The molecule has 4 rings (SSSR count). The Bertz CT molecular complexity index is 1050. The first-order valence-electron chi connectivity index (χ1n) is 7.71. The van der Waals surface area contributed by atoms with Crippen LogP contribution >= 0.6 is 0 Å². The van der Waals surface area contributed by atoms with Gasteiger partial charge in [-0.2, -0.15) is 5.10 Å². The number of halogens is 1. The smallest absolute Gasteiger partial charge is 0.184 e. The lowest BCUT2D eigenvalue weighted by molar-refractivity contribution is 0.590. The molecule has 25 heavy (non-hydrogen) atoms. The minimum absolute atomic E-state index is 0.270. The summed E-state index contributed by atoms with van der Waals surface area (Å²) in [6, 6.07) is 15.8. The van der Waals surface area contributed by atoms with Crippen molar-refractivity contribution in [2.75, 3.05) is 11.5 Å². The van der Waals surface area contributed by atoms with Crippen LogP contribution in [0.1, 0.15) is 5.56 Å². The van der Waals surface area contributed by atoms with Crippen LogP contribution < -0.4 is 11.5 Å². The molecule has 0 aliphatic carbocycles. The first kappa shape index (κ1) is 15.1. The van der Waals surface area contributed by atoms with Crippen molar-refractivity contribution in [1.82, 2.24) is 19.7 Å². The lowest BCUT2D eigenvalue weighted by atomic mass is 10.2. The molecule has 0 fully saturated rings. The van der Waals surface area contributed by atoms with Gasteiger partial charge in [-0.15, -0.1) is 0 Å². The molecule has 4 N–H and O–H groups in total. The van der Waals surface area contributed by atoms with Gasteiger partial charge in [-0.1, -0.05) is 36.4 Å². The monoisotopic (exact) mass is 334 g/mol. The normalized spacial score (nSPS) is 11.1. The highest BCUT2D eigenvalue weighted by Gasteiger charge is 2.16. The van der Waals surface area contributed by atoms with E-state index in [0.29, 0.717) is 23.6 Å². The maximum Gasteiger partial charge on any atom is 0.184 e. The Morgan fingerprint density at radius 2 is 1.60 bits per heavy atom. The maximum atomic E-state index is 14.0. The minimum atomic E-state index is -0.270. The first-order chi connectivity index (χ1) is 12.1. The van der Waals surface area contributed by atoms with Crippen LogP contribution in [0.3, 0.4) is 0 Å². The van der Waals surface area contributed by atoms with Gasteiger partial charge in [0.25, 0.3) is 0 Å². The predicted molar refractivity (Wildman–Crippen MR) is 95.1 cm³/mol. The van der Waals surface area contributed by atoms with E-state index in [-0.39, 0.29) is 17.5 Å². The number of hydrogen-bond acceptors (Lipinski definition) is 5. The molecule has 0 bridgehead atoms. The fourth-order valence-corrected chi connectivity index (χ4v) is 2.79. The van der Waals surface area contributed by atoms with Crippen LogP contribution in [-0.4, -0.2) is 19.7 Å². The SMILES string of the molecule is Nc1cc(N)nc(-c2nn(Cc3ccccc3F)c3ccccc23)n1. The molecular weight excluding hydrogens is 319 g/mol. The van der Waals surface area contributed by atoms with Gasteiger partial charge in [0, 0.05) is 17.0 Å². The third kappa shape index (κ3) is 2.76. The van der Waals surface area contributed by atoms with E-state index >= 15 is 0 Å². The molecule has 2 aromatic carbocycles. The maximum absolute atomic E-state index is 14.0. The van der Waals surface area contributed by atoms with E-state index in [4.69, 9.17) is 11.5 Å². The van der Waals surface area contributed by atoms with Crippen LogP contribution in [0.4, 0.5) is 16.0 Å². The number of nitrogens with zero attached hydrogens (tertiary/aromatic N) is 4. The Morgan fingerprint density at radius 3 is 2.36 bits per heavy atom. The molecule has 7 heteroatoms. The first-order valence-corrected chi connectivity index (χ1v) is 7.71. The fraction of sp³-hybridized carbons (Fsp3) is 0.0556. The van der Waals surface area contributed by atoms with Gasteiger partial charge in [-0.3, -0.25) is 4.68 Å². The largest absolute Gasteiger partial charge is 0.384 e. The Balaban J connectivity index is 1.88. The van der Waals surface area contributed by atoms with Crippen LogP contribution in [0.25, 0.3) is 22.4 Å². The summed E-state index contributed by atoms with van der Waals surface area (Å²) in [6.45, 7) is 0.297. The lowest BCUT2D eigenvalue weighted by Gasteiger charge is -2.05. The number of para-hydroxylation sites is 1. The molecule has 0 atom stereocenters. The van der Waals surface area contributed by atoms with E-state index in [2.05, 4.69) is 15.1 Å². The molecule has 0 aliphatic heterocycles. The number of rotatable bonds is 3. The third-order valence-corrected chi connectivity index (χ3v) is 3.91. The van der Waals surface area contributed by atoms with Gasteiger partial charge in [0.15, 0.2) is 5.82 Å². The highest BCUT2D eigenvalue weighted by atomic mass is 19.1. The number of fused-ring (bicyclic) bond motifs is 1. The second-order valence-corrected chi connectivity index (χ2v) is 5.66. The van der Waals surface area contributed by atoms with Gasteiger partial charge in [0.1, 0.15) is 23.1 Å². The summed E-state index contributed by atoms with van der Waals surface area (Å²) in [7, 11) is 0. The number of anilines is 2. The Kier molecular flexibility index (Phi) is 3.53. The topological polar surface area (TPSA) is 95.6 Å². The zero-order valence-corrected chi connectivity index (χ0v) is 13.2. The summed E-state index contributed by atoms with van der Waals surface area (Å²) in [5, 5.41) is 5.44. The molecule has 0 amide bonds. The predicted octanol–water partition coefficient (Wildman–Crippen LogP) is 2.85. The highest BCUT2D eigenvalue weighted by molar-refractivity contribution is 5.92. The van der Waals surface area contributed by atoms with Crippen LogP contribution in [0.2, 0.25) is 0 Å². The fourth-order valence-electron chi connectivity index (χ4n) is 2.79. The van der Waals surface area contributed by atoms with Gasteiger partial charge >= 0.3 is 0 Å². The van der Waals surface area contributed by atoms with Crippen molar-refractivity contribution < 1.29 is 4.39 Å². The summed E-state index contributed by atoms with van der Waals surface area (Å²) in [5.41, 5.74) is 13.5. The average Bonchev–Trinajstić information content (AvgIpc) is 2.95. The number of benzene rings is 2. The molecule has 2 heterocycles. The summed E-state index contributed by atoms with van der Waals surface area (Å²) >= 11 is 0. The number of aromatic nitrogens is 4. The number of nitrogens with two attached hydrogens (primary N) is 2. The van der Waals surface area contributed by atoms with Gasteiger partial charge in [-0.05, 0) is 12.1 Å². The average molecular weight is 334 g/mol. The Morgan fingerprint density at radius 1 is 0.920 bits per heavy atom. The quantitative estimate of drug-likeness (QED) is 0.600. The molecule has 6 nitrogen and oxygen atoms in total. The third-order valence-electron chi connectivity index (χ3n) is 3.91. The molecule has 0 saturated heterocycles.